The first-order chi connectivity index (χ1) is 13.8. The standard InChI is InChI=1S/C20H24FN3O4S/c1-4-15-10-16(20(27)28-5-2)19(29-15)23-18(26)12-24(3)11-17(25)22-14-8-6-7-13(21)9-14/h6-10H,4-5,11-12H2,1-3H3,(H,22,25)(H,23,26). The number of halogens is 1. The summed E-state index contributed by atoms with van der Waals surface area (Å²) < 4.78 is 18.2. The summed E-state index contributed by atoms with van der Waals surface area (Å²) in [5.41, 5.74) is 0.672. The van der Waals surface area contributed by atoms with Gasteiger partial charge < -0.3 is 15.4 Å². The van der Waals surface area contributed by atoms with Gasteiger partial charge in [-0.1, -0.05) is 13.0 Å². The number of aryl methyl sites for hydroxylation is 1. The van der Waals surface area contributed by atoms with E-state index in [-0.39, 0.29) is 31.5 Å². The van der Waals surface area contributed by atoms with E-state index in [1.807, 2.05) is 6.92 Å². The number of carbonyl (C=O) groups is 3. The molecule has 0 saturated heterocycles. The number of carbonyl (C=O) groups excluding carboxylic acids is 3. The molecule has 0 bridgehead atoms. The van der Waals surface area contributed by atoms with Crippen LogP contribution >= 0.6 is 11.3 Å². The zero-order valence-electron chi connectivity index (χ0n) is 16.6. The van der Waals surface area contributed by atoms with Crippen molar-refractivity contribution in [3.05, 3.63) is 46.6 Å². The molecule has 0 unspecified atom stereocenters. The average molecular weight is 421 g/mol. The fraction of sp³-hybridized carbons (Fsp3) is 0.350. The van der Waals surface area contributed by atoms with Crippen LogP contribution in [0.3, 0.4) is 0 Å². The summed E-state index contributed by atoms with van der Waals surface area (Å²) in [4.78, 5) is 39.0. The Hall–Kier alpha value is -2.78. The molecule has 1 aromatic heterocycles. The largest absolute Gasteiger partial charge is 0.462 e. The van der Waals surface area contributed by atoms with Gasteiger partial charge in [0.15, 0.2) is 0 Å². The lowest BCUT2D eigenvalue weighted by Gasteiger charge is -2.16. The minimum Gasteiger partial charge on any atom is -0.462 e. The van der Waals surface area contributed by atoms with Crippen LogP contribution in [0.1, 0.15) is 29.1 Å². The molecule has 0 atom stereocenters. The number of esters is 1. The molecule has 0 aliphatic rings. The Morgan fingerprint density at radius 3 is 2.41 bits per heavy atom. The number of likely N-dealkylation sites (N-methyl/N-ethyl adjacent to an activating group) is 1. The second-order valence-corrected chi connectivity index (χ2v) is 7.45. The van der Waals surface area contributed by atoms with E-state index in [0.29, 0.717) is 16.3 Å². The molecular weight excluding hydrogens is 397 g/mol. The van der Waals surface area contributed by atoms with Gasteiger partial charge in [-0.05, 0) is 44.7 Å². The third-order valence-corrected chi connectivity index (χ3v) is 5.01. The maximum Gasteiger partial charge on any atom is 0.341 e. The third kappa shape index (κ3) is 6.95. The average Bonchev–Trinajstić information content (AvgIpc) is 3.04. The molecule has 0 radical (unpaired) electrons. The number of hydrogen-bond acceptors (Lipinski definition) is 6. The molecule has 2 N–H and O–H groups in total. The molecule has 2 amide bonds. The maximum atomic E-state index is 13.2. The zero-order valence-corrected chi connectivity index (χ0v) is 17.4. The molecule has 29 heavy (non-hydrogen) atoms. The van der Waals surface area contributed by atoms with Crippen LogP contribution < -0.4 is 10.6 Å². The van der Waals surface area contributed by atoms with E-state index in [1.165, 1.54) is 34.4 Å². The predicted molar refractivity (Wildman–Crippen MR) is 111 cm³/mol. The number of nitrogens with one attached hydrogen (secondary N) is 2. The maximum absolute atomic E-state index is 13.2. The van der Waals surface area contributed by atoms with E-state index in [9.17, 15) is 18.8 Å². The first-order valence-corrected chi connectivity index (χ1v) is 9.97. The van der Waals surface area contributed by atoms with Crippen LogP contribution in [0.4, 0.5) is 15.1 Å². The molecule has 0 aliphatic carbocycles. The smallest absolute Gasteiger partial charge is 0.341 e. The lowest BCUT2D eigenvalue weighted by molar-refractivity contribution is -0.119. The predicted octanol–water partition coefficient (Wildman–Crippen LogP) is 3.14. The molecule has 156 valence electrons. The van der Waals surface area contributed by atoms with Crippen LogP contribution in [0.25, 0.3) is 0 Å². The fourth-order valence-corrected chi connectivity index (χ4v) is 3.55. The molecule has 2 rings (SSSR count). The first-order valence-electron chi connectivity index (χ1n) is 9.16. The van der Waals surface area contributed by atoms with Crippen LogP contribution in [0, 0.1) is 5.82 Å². The van der Waals surface area contributed by atoms with Gasteiger partial charge in [-0.3, -0.25) is 14.5 Å². The number of rotatable bonds is 9. The van der Waals surface area contributed by atoms with Gasteiger partial charge in [0.25, 0.3) is 0 Å². The number of ether oxygens (including phenoxy) is 1. The summed E-state index contributed by atoms with van der Waals surface area (Å²) in [6, 6.07) is 7.28. The Bertz CT molecular complexity index is 884. The van der Waals surface area contributed by atoms with Crippen LogP contribution in [0.5, 0.6) is 0 Å². The van der Waals surface area contributed by atoms with Gasteiger partial charge in [0.1, 0.15) is 10.8 Å². The summed E-state index contributed by atoms with van der Waals surface area (Å²) in [7, 11) is 1.61. The van der Waals surface area contributed by atoms with Crippen molar-refractivity contribution in [1.29, 1.82) is 0 Å². The van der Waals surface area contributed by atoms with Crippen LogP contribution in [0.2, 0.25) is 0 Å². The van der Waals surface area contributed by atoms with E-state index in [0.717, 1.165) is 11.3 Å². The summed E-state index contributed by atoms with van der Waals surface area (Å²) in [6.07, 6.45) is 0.729. The Balaban J connectivity index is 1.92. The number of hydrogen-bond donors (Lipinski definition) is 2. The Kier molecular flexibility index (Phi) is 8.29. The van der Waals surface area contributed by atoms with E-state index in [1.54, 1.807) is 26.1 Å². The third-order valence-electron chi connectivity index (χ3n) is 3.82. The van der Waals surface area contributed by atoms with E-state index >= 15 is 0 Å². The number of amides is 2. The minimum atomic E-state index is -0.485. The number of anilines is 2. The molecule has 9 heteroatoms. The minimum absolute atomic E-state index is 0.0562. The van der Waals surface area contributed by atoms with Crippen molar-refractivity contribution in [3.63, 3.8) is 0 Å². The van der Waals surface area contributed by atoms with Crippen molar-refractivity contribution in [1.82, 2.24) is 4.90 Å². The highest BCUT2D eigenvalue weighted by molar-refractivity contribution is 7.16. The second-order valence-electron chi connectivity index (χ2n) is 6.31. The van der Waals surface area contributed by atoms with Crippen molar-refractivity contribution in [3.8, 4) is 0 Å². The highest BCUT2D eigenvalue weighted by Gasteiger charge is 2.19. The van der Waals surface area contributed by atoms with Gasteiger partial charge in [0, 0.05) is 10.6 Å². The number of benzene rings is 1. The molecule has 0 saturated carbocycles. The second kappa shape index (κ2) is 10.7. The zero-order chi connectivity index (χ0) is 21.4. The van der Waals surface area contributed by atoms with E-state index in [4.69, 9.17) is 4.74 Å². The summed E-state index contributed by atoms with van der Waals surface area (Å²) >= 11 is 1.32. The molecule has 2 aromatic rings. The SMILES string of the molecule is CCOC(=O)c1cc(CC)sc1NC(=O)CN(C)CC(=O)Nc1cccc(F)c1. The molecular formula is C20H24FN3O4S. The summed E-state index contributed by atoms with van der Waals surface area (Å²) in [5.74, 6) is -1.67. The normalized spacial score (nSPS) is 10.7. The molecule has 0 fully saturated rings. The first kappa shape index (κ1) is 22.5. The van der Waals surface area contributed by atoms with Gasteiger partial charge in [-0.15, -0.1) is 11.3 Å². The molecule has 0 aliphatic heterocycles. The lowest BCUT2D eigenvalue weighted by atomic mass is 10.2. The van der Waals surface area contributed by atoms with Crippen LogP contribution in [-0.4, -0.2) is 49.4 Å². The van der Waals surface area contributed by atoms with Gasteiger partial charge in [0.05, 0.1) is 25.3 Å². The van der Waals surface area contributed by atoms with E-state index < -0.39 is 11.8 Å². The Morgan fingerprint density at radius 1 is 1.10 bits per heavy atom. The van der Waals surface area contributed by atoms with Crippen molar-refractivity contribution in [2.45, 2.75) is 20.3 Å². The van der Waals surface area contributed by atoms with Gasteiger partial charge in [-0.2, -0.15) is 0 Å². The van der Waals surface area contributed by atoms with Crippen LogP contribution in [0.15, 0.2) is 30.3 Å². The number of nitrogens with zero attached hydrogens (tertiary/aromatic N) is 1. The molecule has 1 aromatic carbocycles. The number of thiophene rings is 1. The van der Waals surface area contributed by atoms with Gasteiger partial charge >= 0.3 is 5.97 Å². The molecule has 7 nitrogen and oxygen atoms in total. The van der Waals surface area contributed by atoms with Crippen molar-refractivity contribution in [2.75, 3.05) is 37.4 Å². The fourth-order valence-electron chi connectivity index (χ4n) is 2.55. The summed E-state index contributed by atoms with van der Waals surface area (Å²) in [6.45, 7) is 3.80. The summed E-state index contributed by atoms with van der Waals surface area (Å²) in [5, 5.41) is 5.73. The topological polar surface area (TPSA) is 87.7 Å². The van der Waals surface area contributed by atoms with Crippen molar-refractivity contribution >= 4 is 39.8 Å². The Morgan fingerprint density at radius 2 is 1.79 bits per heavy atom. The Labute approximate surface area is 172 Å². The van der Waals surface area contributed by atoms with Gasteiger partial charge in [-0.25, -0.2) is 9.18 Å². The van der Waals surface area contributed by atoms with Crippen LogP contribution in [-0.2, 0) is 20.7 Å². The van der Waals surface area contributed by atoms with E-state index in [2.05, 4.69) is 10.6 Å². The monoisotopic (exact) mass is 421 g/mol. The molecule has 0 spiro atoms. The highest BCUT2D eigenvalue weighted by atomic mass is 32.1. The van der Waals surface area contributed by atoms with Crippen molar-refractivity contribution in [2.24, 2.45) is 0 Å². The lowest BCUT2D eigenvalue weighted by Crippen LogP contribution is -2.36. The molecule has 1 heterocycles. The highest BCUT2D eigenvalue weighted by Crippen LogP contribution is 2.29. The van der Waals surface area contributed by atoms with Gasteiger partial charge in [0.2, 0.25) is 11.8 Å². The van der Waals surface area contributed by atoms with Crippen molar-refractivity contribution < 1.29 is 23.5 Å². The quantitative estimate of drug-likeness (QED) is 0.608.